The quantitative estimate of drug-likeness (QED) is 0.775. The molecule has 1 aliphatic heterocycles. The lowest BCUT2D eigenvalue weighted by atomic mass is 10.2. The molecule has 2 amide bonds. The minimum absolute atomic E-state index is 0.174. The number of nitrogens with one attached hydrogen (secondary N) is 2. The maximum Gasteiger partial charge on any atom is 0.414 e. The summed E-state index contributed by atoms with van der Waals surface area (Å²) < 4.78 is 4.90. The standard InChI is InChI=1S/C17H19N5O3/c1-12-2-7-15(21-20-12)18-8-9-19-16(23)13-3-5-14(6-4-13)22-10-11-25-17(22)24/h2-7H,8-11H2,1H3,(H,18,21)(H,19,23). The molecule has 2 heterocycles. The second kappa shape index (κ2) is 7.61. The molecule has 0 aliphatic carbocycles. The van der Waals surface area contributed by atoms with Crippen LogP contribution in [0.25, 0.3) is 0 Å². The molecule has 1 aliphatic rings. The Morgan fingerprint density at radius 3 is 2.60 bits per heavy atom. The number of carbonyl (C=O) groups is 2. The second-order valence-electron chi connectivity index (χ2n) is 5.56. The molecule has 25 heavy (non-hydrogen) atoms. The summed E-state index contributed by atoms with van der Waals surface area (Å²) in [6.07, 6.45) is -0.359. The average Bonchev–Trinajstić information content (AvgIpc) is 3.06. The summed E-state index contributed by atoms with van der Waals surface area (Å²) in [5.41, 5.74) is 2.11. The topological polar surface area (TPSA) is 96.4 Å². The van der Waals surface area contributed by atoms with Gasteiger partial charge < -0.3 is 15.4 Å². The van der Waals surface area contributed by atoms with Crippen molar-refractivity contribution in [2.24, 2.45) is 0 Å². The van der Waals surface area contributed by atoms with E-state index in [4.69, 9.17) is 4.74 Å². The van der Waals surface area contributed by atoms with Crippen LogP contribution in [0.1, 0.15) is 16.1 Å². The fourth-order valence-corrected chi connectivity index (χ4v) is 2.38. The van der Waals surface area contributed by atoms with E-state index >= 15 is 0 Å². The van der Waals surface area contributed by atoms with Gasteiger partial charge in [0.2, 0.25) is 0 Å². The molecule has 8 nitrogen and oxygen atoms in total. The number of amides is 2. The number of aromatic nitrogens is 2. The highest BCUT2D eigenvalue weighted by Crippen LogP contribution is 2.19. The van der Waals surface area contributed by atoms with Crippen LogP contribution in [0.3, 0.4) is 0 Å². The number of ether oxygens (including phenoxy) is 1. The molecule has 130 valence electrons. The van der Waals surface area contributed by atoms with Gasteiger partial charge in [0.1, 0.15) is 12.4 Å². The van der Waals surface area contributed by atoms with Crippen LogP contribution in [-0.4, -0.2) is 48.4 Å². The van der Waals surface area contributed by atoms with Crippen molar-refractivity contribution < 1.29 is 14.3 Å². The van der Waals surface area contributed by atoms with E-state index in [0.717, 1.165) is 11.4 Å². The van der Waals surface area contributed by atoms with E-state index in [9.17, 15) is 9.59 Å². The molecule has 1 fully saturated rings. The van der Waals surface area contributed by atoms with Crippen LogP contribution in [0.2, 0.25) is 0 Å². The lowest BCUT2D eigenvalue weighted by Crippen LogP contribution is -2.29. The van der Waals surface area contributed by atoms with Gasteiger partial charge >= 0.3 is 6.09 Å². The third-order valence-electron chi connectivity index (χ3n) is 3.72. The minimum atomic E-state index is -0.359. The summed E-state index contributed by atoms with van der Waals surface area (Å²) in [5.74, 6) is 0.494. The van der Waals surface area contributed by atoms with E-state index in [0.29, 0.717) is 37.6 Å². The molecule has 0 saturated carbocycles. The van der Waals surface area contributed by atoms with Gasteiger partial charge in [-0.05, 0) is 43.3 Å². The van der Waals surface area contributed by atoms with Crippen molar-refractivity contribution >= 4 is 23.5 Å². The Morgan fingerprint density at radius 2 is 1.96 bits per heavy atom. The zero-order valence-corrected chi connectivity index (χ0v) is 13.9. The van der Waals surface area contributed by atoms with Crippen LogP contribution >= 0.6 is 0 Å². The van der Waals surface area contributed by atoms with Crippen molar-refractivity contribution in [3.8, 4) is 0 Å². The van der Waals surface area contributed by atoms with Crippen LogP contribution in [0.4, 0.5) is 16.3 Å². The number of rotatable bonds is 6. The Balaban J connectivity index is 1.46. The highest BCUT2D eigenvalue weighted by atomic mass is 16.6. The molecule has 2 aromatic rings. The Bertz CT molecular complexity index is 746. The van der Waals surface area contributed by atoms with E-state index in [1.807, 2.05) is 19.1 Å². The number of aryl methyl sites for hydroxylation is 1. The molecule has 0 unspecified atom stereocenters. The predicted octanol–water partition coefficient (Wildman–Crippen LogP) is 1.58. The number of hydrogen-bond acceptors (Lipinski definition) is 6. The van der Waals surface area contributed by atoms with Gasteiger partial charge in [-0.3, -0.25) is 9.69 Å². The van der Waals surface area contributed by atoms with Gasteiger partial charge in [0.05, 0.1) is 12.2 Å². The van der Waals surface area contributed by atoms with Crippen LogP contribution in [-0.2, 0) is 4.74 Å². The van der Waals surface area contributed by atoms with E-state index < -0.39 is 0 Å². The number of hydrogen-bond donors (Lipinski definition) is 2. The van der Waals surface area contributed by atoms with Gasteiger partial charge in [-0.2, -0.15) is 5.10 Å². The normalized spacial score (nSPS) is 13.5. The third-order valence-corrected chi connectivity index (χ3v) is 3.72. The van der Waals surface area contributed by atoms with Crippen molar-refractivity contribution in [2.45, 2.75) is 6.92 Å². The molecule has 1 aromatic carbocycles. The van der Waals surface area contributed by atoms with Gasteiger partial charge in [0.25, 0.3) is 5.91 Å². The molecule has 0 spiro atoms. The fourth-order valence-electron chi connectivity index (χ4n) is 2.38. The molecular weight excluding hydrogens is 322 g/mol. The van der Waals surface area contributed by atoms with Gasteiger partial charge in [0, 0.05) is 24.3 Å². The average molecular weight is 341 g/mol. The number of benzene rings is 1. The number of anilines is 2. The van der Waals surface area contributed by atoms with Crippen molar-refractivity contribution in [1.29, 1.82) is 0 Å². The number of carbonyl (C=O) groups excluding carboxylic acids is 2. The first-order valence-corrected chi connectivity index (χ1v) is 8.00. The summed E-state index contributed by atoms with van der Waals surface area (Å²) in [6, 6.07) is 10.6. The lowest BCUT2D eigenvalue weighted by molar-refractivity contribution is 0.0955. The van der Waals surface area contributed by atoms with E-state index in [1.54, 1.807) is 24.3 Å². The van der Waals surface area contributed by atoms with E-state index in [2.05, 4.69) is 20.8 Å². The first-order valence-electron chi connectivity index (χ1n) is 8.00. The van der Waals surface area contributed by atoms with Crippen molar-refractivity contribution in [3.05, 3.63) is 47.7 Å². The summed E-state index contributed by atoms with van der Waals surface area (Å²) in [7, 11) is 0. The van der Waals surface area contributed by atoms with Crippen LogP contribution in [0.15, 0.2) is 36.4 Å². The Kier molecular flexibility index (Phi) is 5.08. The summed E-state index contributed by atoms with van der Waals surface area (Å²) >= 11 is 0. The highest BCUT2D eigenvalue weighted by Gasteiger charge is 2.23. The molecule has 8 heteroatoms. The Morgan fingerprint density at radius 1 is 1.16 bits per heavy atom. The smallest absolute Gasteiger partial charge is 0.414 e. The second-order valence-corrected chi connectivity index (χ2v) is 5.56. The van der Waals surface area contributed by atoms with Gasteiger partial charge in [-0.15, -0.1) is 5.10 Å². The largest absolute Gasteiger partial charge is 0.447 e. The number of cyclic esters (lactones) is 1. The summed E-state index contributed by atoms with van der Waals surface area (Å²) in [6.45, 7) is 3.78. The van der Waals surface area contributed by atoms with Gasteiger partial charge in [-0.25, -0.2) is 4.79 Å². The summed E-state index contributed by atoms with van der Waals surface area (Å²) in [5, 5.41) is 13.8. The molecule has 1 saturated heterocycles. The van der Waals surface area contributed by atoms with Crippen molar-refractivity contribution in [3.63, 3.8) is 0 Å². The zero-order chi connectivity index (χ0) is 17.6. The first-order chi connectivity index (χ1) is 12.1. The Labute approximate surface area is 145 Å². The first kappa shape index (κ1) is 16.7. The molecule has 0 atom stereocenters. The van der Waals surface area contributed by atoms with Crippen LogP contribution in [0, 0.1) is 6.92 Å². The molecule has 0 bridgehead atoms. The predicted molar refractivity (Wildman–Crippen MR) is 92.7 cm³/mol. The monoisotopic (exact) mass is 341 g/mol. The lowest BCUT2D eigenvalue weighted by Gasteiger charge is -2.13. The Hall–Kier alpha value is -3.16. The molecule has 2 N–H and O–H groups in total. The van der Waals surface area contributed by atoms with E-state index in [-0.39, 0.29) is 12.0 Å². The van der Waals surface area contributed by atoms with Crippen LogP contribution < -0.4 is 15.5 Å². The molecule has 3 rings (SSSR count). The SMILES string of the molecule is Cc1ccc(NCCNC(=O)c2ccc(N3CCOC3=O)cc2)nn1. The third kappa shape index (κ3) is 4.23. The zero-order valence-electron chi connectivity index (χ0n) is 13.9. The number of nitrogens with zero attached hydrogens (tertiary/aromatic N) is 3. The van der Waals surface area contributed by atoms with Crippen LogP contribution in [0.5, 0.6) is 0 Å². The molecule has 0 radical (unpaired) electrons. The molecule has 1 aromatic heterocycles. The van der Waals surface area contributed by atoms with E-state index in [1.165, 1.54) is 4.90 Å². The maximum atomic E-state index is 12.1. The van der Waals surface area contributed by atoms with Crippen molar-refractivity contribution in [2.75, 3.05) is 36.5 Å². The maximum absolute atomic E-state index is 12.1. The fraction of sp³-hybridized carbons (Fsp3) is 0.294. The molecular formula is C17H19N5O3. The highest BCUT2D eigenvalue weighted by molar-refractivity contribution is 5.95. The minimum Gasteiger partial charge on any atom is -0.447 e. The van der Waals surface area contributed by atoms with Crippen molar-refractivity contribution in [1.82, 2.24) is 15.5 Å². The van der Waals surface area contributed by atoms with Gasteiger partial charge in [0.15, 0.2) is 0 Å². The summed E-state index contributed by atoms with van der Waals surface area (Å²) in [4.78, 5) is 25.2. The van der Waals surface area contributed by atoms with Gasteiger partial charge in [-0.1, -0.05) is 0 Å².